The summed E-state index contributed by atoms with van der Waals surface area (Å²) in [7, 11) is 0. The largest absolute Gasteiger partial charge is 0.660 e. The molecule has 17 heteroatoms. The van der Waals surface area contributed by atoms with Crippen LogP contribution in [0.15, 0.2) is 122 Å². The Labute approximate surface area is 711 Å². The van der Waals surface area contributed by atoms with E-state index in [2.05, 4.69) is 236 Å². The number of ether oxygens (including phenoxy) is 4. The van der Waals surface area contributed by atoms with Crippen LogP contribution < -0.4 is 23.9 Å². The summed E-state index contributed by atoms with van der Waals surface area (Å²) >= 11 is 0. The smallest absolute Gasteiger partial charge is 0.159 e. The third-order valence-electron chi connectivity index (χ3n) is 17.7. The quantitative estimate of drug-likeness (QED) is 0.163. The second-order valence-corrected chi connectivity index (χ2v) is 32.0. The molecule has 5 aromatic heterocycles. The van der Waals surface area contributed by atoms with Crippen LogP contribution in [0, 0.1) is 5.41 Å². The molecular weight excluding hydrogens is 1630 g/mol. The molecule has 6 radical (unpaired) electrons. The first-order valence-corrected chi connectivity index (χ1v) is 31.9. The third kappa shape index (κ3) is 19.0. The summed E-state index contributed by atoms with van der Waals surface area (Å²) in [6, 6.07) is 30.8. The molecule has 10 aromatic rings. The van der Waals surface area contributed by atoms with Gasteiger partial charge in [0, 0.05) is 273 Å². The van der Waals surface area contributed by atoms with Crippen molar-refractivity contribution in [3.8, 4) is 28.7 Å². The minimum atomic E-state index is -1.33. The summed E-state index contributed by atoms with van der Waals surface area (Å²) in [5.41, 5.74) is 11.7. The molecule has 0 amide bonds. The Balaban J connectivity index is 0.000000247. The summed E-state index contributed by atoms with van der Waals surface area (Å²) in [6.07, 6.45) is 13.0. The first-order valence-electron chi connectivity index (χ1n) is 31.9. The Morgan fingerprint density at radius 1 is 0.426 bits per heavy atom. The van der Waals surface area contributed by atoms with E-state index in [1.807, 2.05) is 35.0 Å². The topological polar surface area (TPSA) is 91.0 Å². The van der Waals surface area contributed by atoms with Gasteiger partial charge in [-0.25, -0.2) is 4.39 Å². The van der Waals surface area contributed by atoms with Crippen LogP contribution in [0.3, 0.4) is 0 Å². The molecular formula is C77H99FN5O5Y6-. The first kappa shape index (κ1) is 85.8. The van der Waals surface area contributed by atoms with E-state index < -0.39 is 5.67 Å². The summed E-state index contributed by atoms with van der Waals surface area (Å²) in [5, 5.41) is 15.8. The van der Waals surface area contributed by atoms with Crippen LogP contribution in [0.4, 0.5) is 4.39 Å². The minimum absolute atomic E-state index is 0. The third-order valence-corrected chi connectivity index (χ3v) is 17.7. The van der Waals surface area contributed by atoms with E-state index in [-0.39, 0.29) is 247 Å². The molecule has 0 fully saturated rings. The number of hydrogen-bond donors (Lipinski definition) is 1. The molecule has 488 valence electrons. The number of phenolic OH excluding ortho intramolecular Hbond substituents is 1. The number of aryl methyl sites for hydroxylation is 1. The van der Waals surface area contributed by atoms with Crippen molar-refractivity contribution in [3.05, 3.63) is 150 Å². The molecule has 14 rings (SSSR count). The molecule has 0 saturated carbocycles. The van der Waals surface area contributed by atoms with Crippen molar-refractivity contribution in [1.29, 1.82) is 0 Å². The molecule has 0 bridgehead atoms. The van der Waals surface area contributed by atoms with Crippen LogP contribution in [-0.2, 0) is 249 Å². The zero-order valence-corrected chi connectivity index (χ0v) is 77.1. The number of benzene rings is 5. The summed E-state index contributed by atoms with van der Waals surface area (Å²) < 4.78 is 47.1. The van der Waals surface area contributed by atoms with Gasteiger partial charge in [0.15, 0.2) is 5.67 Å². The number of aromatic hydroxyl groups is 1. The van der Waals surface area contributed by atoms with Gasteiger partial charge in [-0.2, -0.15) is 6.20 Å². The molecule has 0 aliphatic carbocycles. The Kier molecular flexibility index (Phi) is 29.9. The monoisotopic (exact) mass is 1730 g/mol. The molecule has 0 spiro atoms. The minimum Gasteiger partial charge on any atom is -0.660 e. The molecule has 4 aliphatic heterocycles. The number of para-hydroxylation sites is 5. The maximum absolute atomic E-state index is 14.4. The van der Waals surface area contributed by atoms with E-state index in [1.54, 1.807) is 13.0 Å². The average molecular weight is 1730 g/mol. The fourth-order valence-electron chi connectivity index (χ4n) is 13.0. The number of alkyl halides is 1. The molecule has 9 heterocycles. The second-order valence-electron chi connectivity index (χ2n) is 32.0. The van der Waals surface area contributed by atoms with Gasteiger partial charge in [-0.3, -0.25) is 0 Å². The Hall–Kier alpha value is -0.647. The van der Waals surface area contributed by atoms with Crippen molar-refractivity contribution < 1.29 is 225 Å². The van der Waals surface area contributed by atoms with Crippen molar-refractivity contribution in [2.75, 3.05) is 26.4 Å². The number of halogens is 1. The van der Waals surface area contributed by atoms with Crippen molar-refractivity contribution in [2.24, 2.45) is 5.41 Å². The zero-order chi connectivity index (χ0) is 63.9. The fourth-order valence-corrected chi connectivity index (χ4v) is 13.0. The molecule has 1 unspecified atom stereocenters. The molecule has 10 nitrogen and oxygen atoms in total. The van der Waals surface area contributed by atoms with Crippen LogP contribution in [0.1, 0.15) is 179 Å². The van der Waals surface area contributed by atoms with Crippen LogP contribution >= 0.6 is 0 Å². The van der Waals surface area contributed by atoms with E-state index in [0.29, 0.717) is 12.1 Å². The fraction of sp³-hybridized carbons (Fsp3) is 0.481. The SMILES string of the molecule is CC(C)(C)c1c[n-]c2c(O)cccc12.CC(C)(C)c1cn2c3c(cccc13)OCCC2.CC(C)(C)c1cn2c3c(cccc13)OCCC2(C)C.CC1(C)COc2cccc3c(C(C)(C)C)cn(c23)C1.CC1(F)COc2cccc3c(C(C)(C)C)cn(c23)C1.[Y].[Y].[Y].[Y].[Y].[Y]. The van der Waals surface area contributed by atoms with Crippen molar-refractivity contribution >= 4 is 54.5 Å². The Bertz CT molecular complexity index is 4080. The van der Waals surface area contributed by atoms with Crippen molar-refractivity contribution in [3.63, 3.8) is 0 Å². The number of nitrogens with zero attached hydrogens (tertiary/aromatic N) is 5. The van der Waals surface area contributed by atoms with E-state index in [9.17, 15) is 9.50 Å². The van der Waals surface area contributed by atoms with Crippen LogP contribution in [0.25, 0.3) is 54.5 Å². The van der Waals surface area contributed by atoms with Crippen molar-refractivity contribution in [2.45, 2.75) is 209 Å². The second kappa shape index (κ2) is 32.8. The Morgan fingerprint density at radius 3 is 1.28 bits per heavy atom. The van der Waals surface area contributed by atoms with Gasteiger partial charge in [0.05, 0.1) is 48.4 Å². The molecule has 5 aromatic carbocycles. The predicted molar refractivity (Wildman–Crippen MR) is 364 cm³/mol. The van der Waals surface area contributed by atoms with Crippen LogP contribution in [0.5, 0.6) is 28.7 Å². The van der Waals surface area contributed by atoms with Gasteiger partial charge in [0.1, 0.15) is 35.4 Å². The summed E-state index contributed by atoms with van der Waals surface area (Å²) in [5.74, 6) is 4.14. The summed E-state index contributed by atoms with van der Waals surface area (Å²) in [6.45, 7) is 49.1. The maximum atomic E-state index is 14.4. The van der Waals surface area contributed by atoms with E-state index in [1.165, 1.54) is 65.9 Å². The van der Waals surface area contributed by atoms with Crippen molar-refractivity contribution in [1.82, 2.24) is 23.3 Å². The van der Waals surface area contributed by atoms with Crippen LogP contribution in [-0.4, -0.2) is 55.5 Å². The average Bonchev–Trinajstić information content (AvgIpc) is 1.63. The van der Waals surface area contributed by atoms with Gasteiger partial charge in [-0.15, -0.1) is 0 Å². The van der Waals surface area contributed by atoms with Gasteiger partial charge < -0.3 is 47.3 Å². The van der Waals surface area contributed by atoms with E-state index >= 15 is 0 Å². The van der Waals surface area contributed by atoms with Gasteiger partial charge in [-0.05, 0) is 112 Å². The predicted octanol–water partition coefficient (Wildman–Crippen LogP) is 19.4. The first-order chi connectivity index (χ1) is 40.9. The van der Waals surface area contributed by atoms with E-state index in [4.69, 9.17) is 18.9 Å². The summed E-state index contributed by atoms with van der Waals surface area (Å²) in [4.78, 5) is 4.23. The van der Waals surface area contributed by atoms with Gasteiger partial charge in [0.2, 0.25) is 0 Å². The van der Waals surface area contributed by atoms with Gasteiger partial charge in [-0.1, -0.05) is 189 Å². The molecule has 0 saturated heterocycles. The number of hydrogen-bond acceptors (Lipinski definition) is 5. The standard InChI is InChI=1S/2C17H23NO.C16H20FNO.C15H19NO.C12H14NO.6Y/c1-16(2,3)13-9-18-10-17(4,5)11-19-14-8-6-7-12(13)15(14)18;1-16(2,3)13-11-18-15-12(13)7-6-8-14(15)19-10-9-17(18,4)5;1-15(2,3)12-8-18-9-16(4,17)10-19-13-7-5-6-11(12)14(13)18;1-15(2,3)12-10-16-8-5-9-17-13-7-4-6-11(12)14(13)16;1-12(2,3)9-7-13-11-8(9)5-4-6-10(11)14;;;;;;/h6-9H,10-11H2,1-5H3;6-8,11H,9-10H2,1-5H3;5-8H,9-10H2,1-4H3;4,6-7,10H,5,8-9H2,1-3H3;4-7,14H,1-3H3;;;;;;/q;;;;-1;;;;;;. The van der Waals surface area contributed by atoms with Crippen LogP contribution in [0.2, 0.25) is 0 Å². The number of fused-ring (bicyclic) bond motifs is 1. The molecule has 4 aliphatic rings. The number of aromatic nitrogens is 5. The number of rotatable bonds is 0. The van der Waals surface area contributed by atoms with Gasteiger partial charge in [0.25, 0.3) is 0 Å². The Morgan fingerprint density at radius 2 is 0.798 bits per heavy atom. The zero-order valence-electron chi connectivity index (χ0n) is 60.1. The number of phenols is 1. The van der Waals surface area contributed by atoms with E-state index in [0.717, 1.165) is 79.7 Å². The molecule has 94 heavy (non-hydrogen) atoms. The normalized spacial score (nSPS) is 16.7. The molecule has 1 N–H and O–H groups in total. The molecule has 1 atom stereocenters. The maximum Gasteiger partial charge on any atom is 0.159 e. The van der Waals surface area contributed by atoms with Gasteiger partial charge >= 0.3 is 0 Å².